The lowest BCUT2D eigenvalue weighted by atomic mass is 10.0. The molecule has 0 aliphatic carbocycles. The Kier molecular flexibility index (Phi) is 7.12. The second-order valence-electron chi connectivity index (χ2n) is 5.07. The van der Waals surface area contributed by atoms with E-state index in [1.54, 1.807) is 0 Å². The Labute approximate surface area is 115 Å². The molecular weight excluding hydrogens is 244 g/mol. The molecule has 0 aromatic carbocycles. The van der Waals surface area contributed by atoms with Crippen LogP contribution in [0, 0.1) is 0 Å². The molecule has 4 nitrogen and oxygen atoms in total. The number of carbonyl (C=O) groups excluding carboxylic acids is 2. The summed E-state index contributed by atoms with van der Waals surface area (Å²) in [5.74, 6) is -2.18. The molecule has 0 unspecified atom stereocenters. The maximum Gasteiger partial charge on any atom is 0.305 e. The maximum absolute atomic E-state index is 11.3. The molecule has 108 valence electrons. The summed E-state index contributed by atoms with van der Waals surface area (Å²) in [4.78, 5) is 22.6. The van der Waals surface area contributed by atoms with E-state index in [2.05, 4.69) is 0 Å². The van der Waals surface area contributed by atoms with Gasteiger partial charge in [-0.05, 0) is 27.7 Å². The van der Waals surface area contributed by atoms with Gasteiger partial charge in [0.2, 0.25) is 0 Å². The van der Waals surface area contributed by atoms with Crippen molar-refractivity contribution in [2.75, 3.05) is 0 Å². The molecule has 0 saturated carbocycles. The van der Waals surface area contributed by atoms with E-state index >= 15 is 0 Å². The van der Waals surface area contributed by atoms with Crippen molar-refractivity contribution in [3.05, 3.63) is 23.3 Å². The molecule has 0 heterocycles. The average molecular weight is 268 g/mol. The number of hydrogen-bond donors (Lipinski definition) is 0. The third-order valence-corrected chi connectivity index (χ3v) is 2.30. The van der Waals surface area contributed by atoms with Gasteiger partial charge in [-0.15, -0.1) is 0 Å². The van der Waals surface area contributed by atoms with Gasteiger partial charge in [0.05, 0.1) is 0 Å². The molecule has 0 amide bonds. The standard InChI is InChI=1S/C15H24O4/c1-11(2)7-9-15(18-13(5)16,19-14(6)17)10-8-12(3)4/h7-8H,9-10H2,1-6H3. The van der Waals surface area contributed by atoms with E-state index in [1.165, 1.54) is 13.8 Å². The summed E-state index contributed by atoms with van der Waals surface area (Å²) in [6, 6.07) is 0. The molecule has 0 radical (unpaired) electrons. The van der Waals surface area contributed by atoms with Gasteiger partial charge in [0.25, 0.3) is 5.79 Å². The minimum Gasteiger partial charge on any atom is -0.422 e. The smallest absolute Gasteiger partial charge is 0.305 e. The van der Waals surface area contributed by atoms with Crippen molar-refractivity contribution in [2.45, 2.75) is 60.2 Å². The zero-order valence-corrected chi connectivity index (χ0v) is 12.7. The highest BCUT2D eigenvalue weighted by molar-refractivity contribution is 5.69. The molecule has 0 atom stereocenters. The molecule has 0 bridgehead atoms. The first kappa shape index (κ1) is 17.4. The Morgan fingerprint density at radius 2 is 1.11 bits per heavy atom. The molecule has 0 aliphatic rings. The highest BCUT2D eigenvalue weighted by atomic mass is 16.7. The highest BCUT2D eigenvalue weighted by Gasteiger charge is 2.35. The van der Waals surface area contributed by atoms with Crippen LogP contribution in [-0.2, 0) is 19.1 Å². The molecule has 19 heavy (non-hydrogen) atoms. The van der Waals surface area contributed by atoms with Gasteiger partial charge < -0.3 is 9.47 Å². The first-order valence-corrected chi connectivity index (χ1v) is 6.33. The van der Waals surface area contributed by atoms with Gasteiger partial charge in [0.1, 0.15) is 0 Å². The summed E-state index contributed by atoms with van der Waals surface area (Å²) < 4.78 is 10.6. The predicted octanol–water partition coefficient (Wildman–Crippen LogP) is 3.52. The van der Waals surface area contributed by atoms with E-state index in [-0.39, 0.29) is 0 Å². The molecule has 0 aromatic rings. The fourth-order valence-corrected chi connectivity index (χ4v) is 1.51. The molecule has 0 spiro atoms. The van der Waals surface area contributed by atoms with Crippen LogP contribution in [0.2, 0.25) is 0 Å². The normalized spacial score (nSPS) is 10.4. The van der Waals surface area contributed by atoms with Crippen LogP contribution in [-0.4, -0.2) is 17.7 Å². The lowest BCUT2D eigenvalue weighted by molar-refractivity contribution is -0.224. The van der Waals surface area contributed by atoms with E-state index < -0.39 is 17.7 Å². The Balaban J connectivity index is 5.28. The van der Waals surface area contributed by atoms with Crippen LogP contribution < -0.4 is 0 Å². The third-order valence-electron chi connectivity index (χ3n) is 2.30. The van der Waals surface area contributed by atoms with Crippen molar-refractivity contribution in [3.63, 3.8) is 0 Å². The van der Waals surface area contributed by atoms with Crippen molar-refractivity contribution in [1.29, 1.82) is 0 Å². The Hall–Kier alpha value is -1.58. The van der Waals surface area contributed by atoms with Gasteiger partial charge in [-0.1, -0.05) is 23.3 Å². The molecule has 0 aromatic heterocycles. The van der Waals surface area contributed by atoms with E-state index in [0.717, 1.165) is 11.1 Å². The number of rotatable bonds is 6. The van der Waals surface area contributed by atoms with Crippen LogP contribution in [0.4, 0.5) is 0 Å². The Morgan fingerprint density at radius 3 is 1.32 bits per heavy atom. The second kappa shape index (κ2) is 7.77. The summed E-state index contributed by atoms with van der Waals surface area (Å²) >= 11 is 0. The van der Waals surface area contributed by atoms with Gasteiger partial charge in [0, 0.05) is 26.7 Å². The maximum atomic E-state index is 11.3. The minimum absolute atomic E-state index is 0.346. The Bertz CT molecular complexity index is 345. The third kappa shape index (κ3) is 8.19. The van der Waals surface area contributed by atoms with Crippen LogP contribution in [0.25, 0.3) is 0 Å². The van der Waals surface area contributed by atoms with Gasteiger partial charge in [0.15, 0.2) is 0 Å². The minimum atomic E-state index is -1.24. The number of allylic oxidation sites excluding steroid dienone is 2. The summed E-state index contributed by atoms with van der Waals surface area (Å²) in [5, 5.41) is 0. The first-order valence-electron chi connectivity index (χ1n) is 6.33. The van der Waals surface area contributed by atoms with E-state index in [1.807, 2.05) is 39.8 Å². The van der Waals surface area contributed by atoms with Gasteiger partial charge in [-0.3, -0.25) is 9.59 Å². The molecule has 4 heteroatoms. The van der Waals surface area contributed by atoms with Crippen molar-refractivity contribution in [3.8, 4) is 0 Å². The van der Waals surface area contributed by atoms with Crippen LogP contribution in [0.5, 0.6) is 0 Å². The first-order chi connectivity index (χ1) is 8.67. The molecule has 0 aliphatic heterocycles. The quantitative estimate of drug-likeness (QED) is 0.420. The summed E-state index contributed by atoms with van der Waals surface area (Å²) in [7, 11) is 0. The zero-order valence-electron chi connectivity index (χ0n) is 12.7. The van der Waals surface area contributed by atoms with Crippen LogP contribution in [0.1, 0.15) is 54.4 Å². The fraction of sp³-hybridized carbons (Fsp3) is 0.600. The van der Waals surface area contributed by atoms with Gasteiger partial charge >= 0.3 is 11.9 Å². The number of hydrogen-bond acceptors (Lipinski definition) is 4. The molecule has 0 rings (SSSR count). The summed E-state index contributed by atoms with van der Waals surface area (Å²) in [6.07, 6.45) is 4.48. The lowest BCUT2D eigenvalue weighted by Gasteiger charge is -2.30. The average Bonchev–Trinajstić information content (AvgIpc) is 2.22. The number of esters is 2. The van der Waals surface area contributed by atoms with Gasteiger partial charge in [-0.2, -0.15) is 0 Å². The Morgan fingerprint density at radius 1 is 0.789 bits per heavy atom. The fourth-order valence-electron chi connectivity index (χ4n) is 1.51. The van der Waals surface area contributed by atoms with Crippen molar-refractivity contribution in [2.24, 2.45) is 0 Å². The number of carbonyl (C=O) groups is 2. The predicted molar refractivity (Wildman–Crippen MR) is 74.4 cm³/mol. The summed E-state index contributed by atoms with van der Waals surface area (Å²) in [5.41, 5.74) is 2.14. The van der Waals surface area contributed by atoms with Gasteiger partial charge in [-0.25, -0.2) is 0 Å². The largest absolute Gasteiger partial charge is 0.422 e. The van der Waals surface area contributed by atoms with Crippen molar-refractivity contribution < 1.29 is 19.1 Å². The zero-order chi connectivity index (χ0) is 15.1. The van der Waals surface area contributed by atoms with Crippen molar-refractivity contribution >= 4 is 11.9 Å². The molecule has 0 N–H and O–H groups in total. The van der Waals surface area contributed by atoms with Crippen molar-refractivity contribution in [1.82, 2.24) is 0 Å². The highest BCUT2D eigenvalue weighted by Crippen LogP contribution is 2.26. The molecule has 0 fully saturated rings. The van der Waals surface area contributed by atoms with Crippen LogP contribution >= 0.6 is 0 Å². The second-order valence-corrected chi connectivity index (χ2v) is 5.07. The van der Waals surface area contributed by atoms with E-state index in [9.17, 15) is 9.59 Å². The monoisotopic (exact) mass is 268 g/mol. The lowest BCUT2D eigenvalue weighted by Crippen LogP contribution is -2.38. The molecule has 0 saturated heterocycles. The van der Waals surface area contributed by atoms with E-state index in [4.69, 9.17) is 9.47 Å². The SMILES string of the molecule is CC(=O)OC(CC=C(C)C)(CC=C(C)C)OC(C)=O. The van der Waals surface area contributed by atoms with Crippen LogP contribution in [0.15, 0.2) is 23.3 Å². The van der Waals surface area contributed by atoms with Crippen LogP contribution in [0.3, 0.4) is 0 Å². The summed E-state index contributed by atoms with van der Waals surface area (Å²) in [6.45, 7) is 10.4. The molecular formula is C15H24O4. The number of ether oxygens (including phenoxy) is 2. The van der Waals surface area contributed by atoms with E-state index in [0.29, 0.717) is 12.8 Å². The topological polar surface area (TPSA) is 52.6 Å².